The summed E-state index contributed by atoms with van der Waals surface area (Å²) in [6, 6.07) is 18.2. The fourth-order valence-corrected chi connectivity index (χ4v) is 3.39. The highest BCUT2D eigenvalue weighted by molar-refractivity contribution is 5.99. The van der Waals surface area contributed by atoms with Gasteiger partial charge in [0.15, 0.2) is 5.65 Å². The van der Waals surface area contributed by atoms with Crippen LogP contribution in [0.2, 0.25) is 0 Å². The Kier molecular flexibility index (Phi) is 4.57. The quantitative estimate of drug-likeness (QED) is 0.388. The predicted molar refractivity (Wildman–Crippen MR) is 116 cm³/mol. The van der Waals surface area contributed by atoms with Gasteiger partial charge in [-0.1, -0.05) is 36.4 Å². The summed E-state index contributed by atoms with van der Waals surface area (Å²) in [5.41, 5.74) is 5.15. The van der Waals surface area contributed by atoms with E-state index < -0.39 is 0 Å². The maximum absolute atomic E-state index is 5.85. The standard InChI is InChI=1S/C22H19N7O/c1-2-30-18-9-8-15(14-6-4-3-5-7-14)12-17(18)26-21-19-20(16-10-11-25-27-16)28-29-22(19)24-13-23-21/h3-13H,2H2,1H3,(H,25,27)(H2,23,24,26,28,29). The van der Waals surface area contributed by atoms with Crippen molar-refractivity contribution in [3.63, 3.8) is 0 Å². The number of rotatable bonds is 6. The van der Waals surface area contributed by atoms with Crippen molar-refractivity contribution in [3.8, 4) is 28.3 Å². The number of benzene rings is 2. The van der Waals surface area contributed by atoms with Gasteiger partial charge in [-0.2, -0.15) is 10.2 Å². The van der Waals surface area contributed by atoms with Crippen LogP contribution in [0.5, 0.6) is 5.75 Å². The first-order chi connectivity index (χ1) is 14.8. The molecule has 0 bridgehead atoms. The molecule has 0 radical (unpaired) electrons. The summed E-state index contributed by atoms with van der Waals surface area (Å²) in [6.07, 6.45) is 3.18. The van der Waals surface area contributed by atoms with E-state index in [2.05, 4.69) is 59.9 Å². The molecule has 30 heavy (non-hydrogen) atoms. The van der Waals surface area contributed by atoms with Crippen LogP contribution >= 0.6 is 0 Å². The molecule has 0 aliphatic heterocycles. The highest BCUT2D eigenvalue weighted by Gasteiger charge is 2.17. The van der Waals surface area contributed by atoms with Gasteiger partial charge in [-0.25, -0.2) is 9.97 Å². The first kappa shape index (κ1) is 17.9. The van der Waals surface area contributed by atoms with E-state index in [1.165, 1.54) is 6.33 Å². The fraction of sp³-hybridized carbons (Fsp3) is 0.0909. The second-order valence-electron chi connectivity index (χ2n) is 6.62. The van der Waals surface area contributed by atoms with Crippen LogP contribution in [-0.4, -0.2) is 37.0 Å². The summed E-state index contributed by atoms with van der Waals surface area (Å²) >= 11 is 0. The Balaban J connectivity index is 1.62. The summed E-state index contributed by atoms with van der Waals surface area (Å²) in [5, 5.41) is 18.5. The second kappa shape index (κ2) is 7.67. The molecule has 3 aromatic heterocycles. The monoisotopic (exact) mass is 397 g/mol. The molecule has 0 aliphatic carbocycles. The summed E-state index contributed by atoms with van der Waals surface area (Å²) in [7, 11) is 0. The van der Waals surface area contributed by atoms with E-state index in [4.69, 9.17) is 4.74 Å². The van der Waals surface area contributed by atoms with E-state index in [1.807, 2.05) is 37.3 Å². The summed E-state index contributed by atoms with van der Waals surface area (Å²) in [4.78, 5) is 8.76. The van der Waals surface area contributed by atoms with E-state index in [9.17, 15) is 0 Å². The van der Waals surface area contributed by atoms with E-state index in [1.54, 1.807) is 6.20 Å². The Morgan fingerprint density at radius 3 is 2.67 bits per heavy atom. The van der Waals surface area contributed by atoms with Crippen LogP contribution in [-0.2, 0) is 0 Å². The number of nitrogens with zero attached hydrogens (tertiary/aromatic N) is 4. The average molecular weight is 397 g/mol. The van der Waals surface area contributed by atoms with Crippen molar-refractivity contribution in [3.05, 3.63) is 67.1 Å². The van der Waals surface area contributed by atoms with Crippen LogP contribution in [0, 0.1) is 0 Å². The number of aromatic nitrogens is 6. The zero-order chi connectivity index (χ0) is 20.3. The molecule has 3 heterocycles. The first-order valence-electron chi connectivity index (χ1n) is 9.61. The third kappa shape index (κ3) is 3.24. The van der Waals surface area contributed by atoms with Crippen molar-refractivity contribution in [2.75, 3.05) is 11.9 Å². The minimum atomic E-state index is 0.559. The number of hydrogen-bond donors (Lipinski definition) is 3. The van der Waals surface area contributed by atoms with Crippen LogP contribution in [0.4, 0.5) is 11.5 Å². The third-order valence-electron chi connectivity index (χ3n) is 4.76. The number of H-pyrrole nitrogens is 2. The maximum atomic E-state index is 5.85. The van der Waals surface area contributed by atoms with Crippen molar-refractivity contribution in [2.24, 2.45) is 0 Å². The predicted octanol–water partition coefficient (Wildman–Crippen LogP) is 4.55. The molecule has 3 N–H and O–H groups in total. The van der Waals surface area contributed by atoms with Gasteiger partial charge in [0, 0.05) is 6.20 Å². The molecule has 0 aliphatic rings. The zero-order valence-corrected chi connectivity index (χ0v) is 16.3. The summed E-state index contributed by atoms with van der Waals surface area (Å²) < 4.78 is 5.85. The SMILES string of the molecule is CCOc1ccc(-c2ccccc2)cc1Nc1ncnc2n[nH]c(-c3ccn[nH]3)c12. The number of aromatic amines is 2. The first-order valence-corrected chi connectivity index (χ1v) is 9.61. The van der Waals surface area contributed by atoms with Gasteiger partial charge in [-0.15, -0.1) is 0 Å². The van der Waals surface area contributed by atoms with Crippen molar-refractivity contribution < 1.29 is 4.74 Å². The number of fused-ring (bicyclic) bond motifs is 1. The lowest BCUT2D eigenvalue weighted by atomic mass is 10.0. The van der Waals surface area contributed by atoms with Crippen molar-refractivity contribution in [1.29, 1.82) is 0 Å². The molecule has 8 nitrogen and oxygen atoms in total. The lowest BCUT2D eigenvalue weighted by molar-refractivity contribution is 0.342. The second-order valence-corrected chi connectivity index (χ2v) is 6.62. The topological polar surface area (TPSA) is 104 Å². The van der Waals surface area contributed by atoms with E-state index in [-0.39, 0.29) is 0 Å². The summed E-state index contributed by atoms with van der Waals surface area (Å²) in [6.45, 7) is 2.52. The number of anilines is 2. The van der Waals surface area contributed by atoms with E-state index in [0.29, 0.717) is 18.1 Å². The molecule has 0 fully saturated rings. The molecule has 0 unspecified atom stereocenters. The molecular weight excluding hydrogens is 378 g/mol. The molecule has 8 heteroatoms. The fourth-order valence-electron chi connectivity index (χ4n) is 3.39. The maximum Gasteiger partial charge on any atom is 0.186 e. The van der Waals surface area contributed by atoms with Gasteiger partial charge in [0.2, 0.25) is 0 Å². The Bertz CT molecular complexity index is 1280. The van der Waals surface area contributed by atoms with Crippen LogP contribution in [0.1, 0.15) is 6.92 Å². The Hall–Kier alpha value is -4.20. The third-order valence-corrected chi connectivity index (χ3v) is 4.76. The average Bonchev–Trinajstić information content (AvgIpc) is 3.46. The molecule has 0 amide bonds. The Morgan fingerprint density at radius 2 is 1.87 bits per heavy atom. The van der Waals surface area contributed by atoms with Gasteiger partial charge in [-0.3, -0.25) is 10.2 Å². The molecule has 5 aromatic rings. The minimum absolute atomic E-state index is 0.559. The Morgan fingerprint density at radius 1 is 0.967 bits per heavy atom. The van der Waals surface area contributed by atoms with Crippen LogP contribution in [0.15, 0.2) is 67.1 Å². The molecule has 148 valence electrons. The van der Waals surface area contributed by atoms with Gasteiger partial charge in [0.05, 0.1) is 29.1 Å². The van der Waals surface area contributed by atoms with Gasteiger partial charge in [0.1, 0.15) is 17.9 Å². The smallest absolute Gasteiger partial charge is 0.186 e. The molecule has 0 saturated carbocycles. The van der Waals surface area contributed by atoms with Crippen LogP contribution in [0.3, 0.4) is 0 Å². The highest BCUT2D eigenvalue weighted by Crippen LogP contribution is 2.35. The van der Waals surface area contributed by atoms with Gasteiger partial charge >= 0.3 is 0 Å². The van der Waals surface area contributed by atoms with E-state index >= 15 is 0 Å². The lowest BCUT2D eigenvalue weighted by Gasteiger charge is -2.14. The highest BCUT2D eigenvalue weighted by atomic mass is 16.5. The van der Waals surface area contributed by atoms with E-state index in [0.717, 1.165) is 39.3 Å². The van der Waals surface area contributed by atoms with Crippen molar-refractivity contribution in [1.82, 2.24) is 30.4 Å². The molecule has 0 spiro atoms. The number of ether oxygens (including phenoxy) is 1. The molecule has 2 aromatic carbocycles. The lowest BCUT2D eigenvalue weighted by Crippen LogP contribution is -2.01. The largest absolute Gasteiger partial charge is 0.492 e. The molecule has 0 atom stereocenters. The molecular formula is C22H19N7O. The van der Waals surface area contributed by atoms with Gasteiger partial charge in [-0.05, 0) is 36.2 Å². The van der Waals surface area contributed by atoms with Crippen molar-refractivity contribution >= 4 is 22.5 Å². The molecule has 5 rings (SSSR count). The summed E-state index contributed by atoms with van der Waals surface area (Å²) in [5.74, 6) is 1.38. The Labute approximate surface area is 172 Å². The molecule has 0 saturated heterocycles. The minimum Gasteiger partial charge on any atom is -0.492 e. The number of nitrogens with one attached hydrogen (secondary N) is 3. The number of hydrogen-bond acceptors (Lipinski definition) is 6. The van der Waals surface area contributed by atoms with Crippen LogP contribution < -0.4 is 10.1 Å². The van der Waals surface area contributed by atoms with Gasteiger partial charge in [0.25, 0.3) is 0 Å². The van der Waals surface area contributed by atoms with Crippen molar-refractivity contribution in [2.45, 2.75) is 6.92 Å². The van der Waals surface area contributed by atoms with Gasteiger partial charge < -0.3 is 10.1 Å². The van der Waals surface area contributed by atoms with Crippen LogP contribution in [0.25, 0.3) is 33.5 Å². The zero-order valence-electron chi connectivity index (χ0n) is 16.3. The normalized spacial score (nSPS) is 11.0.